The molecule has 0 radical (unpaired) electrons. The molecule has 0 N–H and O–H groups in total. The lowest BCUT2D eigenvalue weighted by molar-refractivity contribution is -0.137. The van der Waals surface area contributed by atoms with Gasteiger partial charge >= 0.3 is 6.18 Å². The van der Waals surface area contributed by atoms with E-state index in [-0.39, 0.29) is 18.1 Å². The molecule has 0 bridgehead atoms. The normalized spacial score (nSPS) is 11.1. The van der Waals surface area contributed by atoms with Crippen LogP contribution >= 0.6 is 0 Å². The van der Waals surface area contributed by atoms with Crippen LogP contribution in [0.1, 0.15) is 16.7 Å². The Morgan fingerprint density at radius 2 is 2.04 bits per heavy atom. The molecule has 0 saturated carbocycles. The van der Waals surface area contributed by atoms with Crippen molar-refractivity contribution in [3.63, 3.8) is 0 Å². The van der Waals surface area contributed by atoms with Gasteiger partial charge < -0.3 is 4.74 Å². The minimum absolute atomic E-state index is 0.149. The molecule has 0 fully saturated rings. The van der Waals surface area contributed by atoms with Crippen molar-refractivity contribution in [1.82, 2.24) is 4.98 Å². The lowest BCUT2D eigenvalue weighted by atomic mass is 10.1. The number of carbonyl (C=O) groups excluding carboxylic acids is 1. The Balaban J connectivity index is 2.27. The number of hydrogen-bond donors (Lipinski definition) is 0. The van der Waals surface area contributed by atoms with Crippen molar-refractivity contribution in [3.05, 3.63) is 65.9 Å². The first-order valence-electron chi connectivity index (χ1n) is 6.75. The van der Waals surface area contributed by atoms with E-state index in [2.05, 4.69) is 11.6 Å². The van der Waals surface area contributed by atoms with Gasteiger partial charge in [-0.25, -0.2) is 4.98 Å². The molecule has 0 aliphatic carbocycles. The van der Waals surface area contributed by atoms with Crippen LogP contribution in [0.25, 0.3) is 0 Å². The molecule has 120 valence electrons. The van der Waals surface area contributed by atoms with E-state index in [1.807, 2.05) is 0 Å². The number of alkyl halides is 3. The van der Waals surface area contributed by atoms with Gasteiger partial charge in [0.15, 0.2) is 5.78 Å². The van der Waals surface area contributed by atoms with Crippen LogP contribution in [0.4, 0.5) is 13.2 Å². The van der Waals surface area contributed by atoms with E-state index in [1.165, 1.54) is 6.08 Å². The largest absolute Gasteiger partial charge is 0.439 e. The van der Waals surface area contributed by atoms with E-state index < -0.39 is 11.7 Å². The van der Waals surface area contributed by atoms with Gasteiger partial charge in [0, 0.05) is 18.7 Å². The molecule has 0 spiro atoms. The Labute approximate surface area is 131 Å². The summed E-state index contributed by atoms with van der Waals surface area (Å²) in [5, 5.41) is 0. The highest BCUT2D eigenvalue weighted by Gasteiger charge is 2.31. The van der Waals surface area contributed by atoms with Gasteiger partial charge in [-0.2, -0.15) is 13.2 Å². The van der Waals surface area contributed by atoms with Gasteiger partial charge in [-0.05, 0) is 36.3 Å². The zero-order valence-corrected chi connectivity index (χ0v) is 12.4. The predicted molar refractivity (Wildman–Crippen MR) is 79.4 cm³/mol. The number of pyridine rings is 1. The van der Waals surface area contributed by atoms with E-state index in [4.69, 9.17) is 4.74 Å². The van der Waals surface area contributed by atoms with Gasteiger partial charge in [0.05, 0.1) is 5.56 Å². The molecule has 3 nitrogen and oxygen atoms in total. The Kier molecular flexibility index (Phi) is 4.83. The SMILES string of the molecule is C=CC(=O)Cc1ccc(C)c(Oc2cc(C(F)(F)F)ccn2)c1. The van der Waals surface area contributed by atoms with Crippen molar-refractivity contribution in [2.24, 2.45) is 0 Å². The summed E-state index contributed by atoms with van der Waals surface area (Å²) in [6.45, 7) is 5.15. The van der Waals surface area contributed by atoms with Crippen LogP contribution in [0.2, 0.25) is 0 Å². The molecule has 6 heteroatoms. The third kappa shape index (κ3) is 4.42. The molecule has 0 unspecified atom stereocenters. The predicted octanol–water partition coefficient (Wildman–Crippen LogP) is 4.50. The van der Waals surface area contributed by atoms with Crippen molar-refractivity contribution in [2.75, 3.05) is 0 Å². The Morgan fingerprint density at radius 1 is 1.30 bits per heavy atom. The van der Waals surface area contributed by atoms with Crippen LogP contribution in [-0.4, -0.2) is 10.8 Å². The van der Waals surface area contributed by atoms with Gasteiger partial charge in [0.2, 0.25) is 5.88 Å². The van der Waals surface area contributed by atoms with Crippen LogP contribution in [0.15, 0.2) is 49.2 Å². The lowest BCUT2D eigenvalue weighted by Gasteiger charge is -2.11. The zero-order chi connectivity index (χ0) is 17.0. The number of benzene rings is 1. The van der Waals surface area contributed by atoms with Crippen molar-refractivity contribution in [3.8, 4) is 11.6 Å². The second-order valence-corrected chi connectivity index (χ2v) is 4.93. The van der Waals surface area contributed by atoms with Crippen LogP contribution in [0.5, 0.6) is 11.6 Å². The first kappa shape index (κ1) is 16.7. The summed E-state index contributed by atoms with van der Waals surface area (Å²) in [4.78, 5) is 15.2. The van der Waals surface area contributed by atoms with Gasteiger partial charge in [-0.1, -0.05) is 18.7 Å². The van der Waals surface area contributed by atoms with Crippen LogP contribution in [-0.2, 0) is 17.4 Å². The monoisotopic (exact) mass is 321 g/mol. The number of carbonyl (C=O) groups is 1. The number of allylic oxidation sites excluding steroid dienone is 1. The van der Waals surface area contributed by atoms with Crippen LogP contribution in [0.3, 0.4) is 0 Å². The summed E-state index contributed by atoms with van der Waals surface area (Å²) in [6, 6.07) is 6.80. The number of aromatic nitrogens is 1. The second kappa shape index (κ2) is 6.64. The van der Waals surface area contributed by atoms with Gasteiger partial charge in [0.25, 0.3) is 0 Å². The number of hydrogen-bond acceptors (Lipinski definition) is 3. The number of aryl methyl sites for hydroxylation is 1. The molecule has 2 aromatic rings. The Hall–Kier alpha value is -2.63. The summed E-state index contributed by atoms with van der Waals surface area (Å²) in [7, 11) is 0. The minimum atomic E-state index is -4.46. The number of nitrogens with zero attached hydrogens (tertiary/aromatic N) is 1. The molecule has 1 aromatic heterocycles. The van der Waals surface area contributed by atoms with E-state index >= 15 is 0 Å². The van der Waals surface area contributed by atoms with E-state index in [9.17, 15) is 18.0 Å². The first-order valence-corrected chi connectivity index (χ1v) is 6.75. The molecule has 0 saturated heterocycles. The highest BCUT2D eigenvalue weighted by molar-refractivity contribution is 5.90. The van der Waals surface area contributed by atoms with Gasteiger partial charge in [-0.15, -0.1) is 0 Å². The first-order chi connectivity index (χ1) is 10.8. The summed E-state index contributed by atoms with van der Waals surface area (Å²) in [5.41, 5.74) is 0.569. The smallest absolute Gasteiger partial charge is 0.416 e. The summed E-state index contributed by atoms with van der Waals surface area (Å²) < 4.78 is 43.6. The van der Waals surface area contributed by atoms with E-state index in [1.54, 1.807) is 25.1 Å². The number of ether oxygens (including phenoxy) is 1. The number of rotatable bonds is 5. The fraction of sp³-hybridized carbons (Fsp3) is 0.176. The molecule has 1 heterocycles. The maximum atomic E-state index is 12.7. The fourth-order valence-electron chi connectivity index (χ4n) is 1.89. The molecule has 23 heavy (non-hydrogen) atoms. The maximum absolute atomic E-state index is 12.7. The van der Waals surface area contributed by atoms with Crippen LogP contribution in [0, 0.1) is 6.92 Å². The molecule has 0 amide bonds. The number of halogens is 3. The topological polar surface area (TPSA) is 39.2 Å². The zero-order valence-electron chi connectivity index (χ0n) is 12.4. The quantitative estimate of drug-likeness (QED) is 0.761. The van der Waals surface area contributed by atoms with Crippen molar-refractivity contribution in [1.29, 1.82) is 0 Å². The highest BCUT2D eigenvalue weighted by Crippen LogP contribution is 2.32. The summed E-state index contributed by atoms with van der Waals surface area (Å²) in [5.74, 6) is 0.0401. The second-order valence-electron chi connectivity index (χ2n) is 4.93. The van der Waals surface area contributed by atoms with Crippen LogP contribution < -0.4 is 4.74 Å². The molecule has 0 aliphatic rings. The third-order valence-corrected chi connectivity index (χ3v) is 3.14. The lowest BCUT2D eigenvalue weighted by Crippen LogP contribution is -2.05. The average Bonchev–Trinajstić information content (AvgIpc) is 2.50. The Bertz CT molecular complexity index is 739. The fourth-order valence-corrected chi connectivity index (χ4v) is 1.89. The van der Waals surface area contributed by atoms with Gasteiger partial charge in [0.1, 0.15) is 5.75 Å². The highest BCUT2D eigenvalue weighted by atomic mass is 19.4. The van der Waals surface area contributed by atoms with Crippen molar-refractivity contribution in [2.45, 2.75) is 19.5 Å². The Morgan fingerprint density at radius 3 is 2.70 bits per heavy atom. The molecule has 2 rings (SSSR count). The molecular weight excluding hydrogens is 307 g/mol. The minimum Gasteiger partial charge on any atom is -0.439 e. The van der Waals surface area contributed by atoms with Gasteiger partial charge in [-0.3, -0.25) is 4.79 Å². The standard InChI is InChI=1S/C17H14F3NO2/c1-3-14(22)8-12-5-4-11(2)15(9-12)23-16-10-13(6-7-21-16)17(18,19)20/h3-7,9-10H,1,8H2,2H3. The third-order valence-electron chi connectivity index (χ3n) is 3.14. The molecule has 0 atom stereocenters. The molecule has 1 aromatic carbocycles. The molecular formula is C17H14F3NO2. The average molecular weight is 321 g/mol. The summed E-state index contributed by atoms with van der Waals surface area (Å²) in [6.07, 6.45) is -2.06. The summed E-state index contributed by atoms with van der Waals surface area (Å²) >= 11 is 0. The maximum Gasteiger partial charge on any atom is 0.416 e. The van der Waals surface area contributed by atoms with Crippen molar-refractivity contribution < 1.29 is 22.7 Å². The van der Waals surface area contributed by atoms with Crippen molar-refractivity contribution >= 4 is 5.78 Å². The van der Waals surface area contributed by atoms with E-state index in [0.29, 0.717) is 11.3 Å². The molecule has 0 aliphatic heterocycles. The number of ketones is 1. The van der Waals surface area contributed by atoms with E-state index in [0.717, 1.165) is 23.9 Å².